The Morgan fingerprint density at radius 1 is 1.35 bits per heavy atom. The van der Waals surface area contributed by atoms with Gasteiger partial charge in [-0.15, -0.1) is 12.4 Å². The van der Waals surface area contributed by atoms with Crippen molar-refractivity contribution in [1.29, 1.82) is 0 Å². The molecular weight excluding hydrogens is 363 g/mol. The normalized spacial score (nSPS) is 17.1. The maximum Gasteiger partial charge on any atom is 0.252 e. The van der Waals surface area contributed by atoms with Crippen molar-refractivity contribution in [2.45, 2.75) is 37.6 Å². The predicted octanol–water partition coefficient (Wildman–Crippen LogP) is 3.92. The Labute approximate surface area is 139 Å². The summed E-state index contributed by atoms with van der Waals surface area (Å²) in [5, 5.41) is 3.54. The molecule has 2 rings (SSSR count). The average molecular weight is 382 g/mol. The molecule has 1 aliphatic rings. The maximum absolute atomic E-state index is 12.1. The van der Waals surface area contributed by atoms with Crippen LogP contribution in [0.3, 0.4) is 0 Å². The summed E-state index contributed by atoms with van der Waals surface area (Å²) in [5.74, 6) is -0.112. The molecule has 1 aromatic rings. The molecule has 3 N–H and O–H groups in total. The van der Waals surface area contributed by atoms with Gasteiger partial charge in [-0.2, -0.15) is 0 Å². The summed E-state index contributed by atoms with van der Waals surface area (Å²) in [4.78, 5) is 12.1. The maximum atomic E-state index is 12.1. The topological polar surface area (TPSA) is 55.1 Å². The van der Waals surface area contributed by atoms with E-state index in [-0.39, 0.29) is 23.9 Å². The number of carbonyl (C=O) groups excluding carboxylic acids is 1. The first kappa shape index (κ1) is 17.8. The molecule has 0 atom stereocenters. The molecule has 1 amide bonds. The zero-order chi connectivity index (χ0) is 13.9. The lowest BCUT2D eigenvalue weighted by Gasteiger charge is -2.33. The first-order valence-electron chi connectivity index (χ1n) is 6.52. The highest BCUT2D eigenvalue weighted by Gasteiger charge is 2.28. The standard InChI is InChI=1S/C14H18BrClN2O.ClH/c15-12-8-10(16)4-5-11(12)13(19)18-9-14(17)6-2-1-3-7-14;/h4-5,8H,1-3,6-7,9,17H2,(H,18,19);1H. The Morgan fingerprint density at radius 2 is 2.00 bits per heavy atom. The summed E-state index contributed by atoms with van der Waals surface area (Å²) in [5.41, 5.74) is 6.64. The van der Waals surface area contributed by atoms with Crippen LogP contribution in [0.1, 0.15) is 42.5 Å². The van der Waals surface area contributed by atoms with Crippen molar-refractivity contribution >= 4 is 45.8 Å². The molecule has 1 aromatic carbocycles. The second-order valence-electron chi connectivity index (χ2n) is 5.23. The summed E-state index contributed by atoms with van der Waals surface area (Å²) in [6.07, 6.45) is 5.51. The molecule has 1 aliphatic carbocycles. The summed E-state index contributed by atoms with van der Waals surface area (Å²) >= 11 is 9.21. The molecule has 0 radical (unpaired) electrons. The van der Waals surface area contributed by atoms with Crippen LogP contribution in [0.15, 0.2) is 22.7 Å². The minimum Gasteiger partial charge on any atom is -0.350 e. The quantitative estimate of drug-likeness (QED) is 0.833. The Morgan fingerprint density at radius 3 is 2.60 bits per heavy atom. The van der Waals surface area contributed by atoms with Crippen molar-refractivity contribution in [3.8, 4) is 0 Å². The van der Waals surface area contributed by atoms with Crippen LogP contribution in [0.2, 0.25) is 5.02 Å². The molecule has 0 saturated heterocycles. The lowest BCUT2D eigenvalue weighted by molar-refractivity contribution is 0.0937. The van der Waals surface area contributed by atoms with Crippen LogP contribution in [-0.2, 0) is 0 Å². The Bertz CT molecular complexity index is 476. The van der Waals surface area contributed by atoms with E-state index in [4.69, 9.17) is 17.3 Å². The number of hydrogen-bond donors (Lipinski definition) is 2. The molecule has 6 heteroatoms. The van der Waals surface area contributed by atoms with E-state index in [9.17, 15) is 4.79 Å². The van der Waals surface area contributed by atoms with Gasteiger partial charge in [-0.3, -0.25) is 4.79 Å². The monoisotopic (exact) mass is 380 g/mol. The lowest BCUT2D eigenvalue weighted by atomic mass is 9.82. The minimum atomic E-state index is -0.243. The smallest absolute Gasteiger partial charge is 0.252 e. The zero-order valence-corrected chi connectivity index (χ0v) is 14.3. The number of hydrogen-bond acceptors (Lipinski definition) is 2. The number of amides is 1. The van der Waals surface area contributed by atoms with Crippen LogP contribution in [0.4, 0.5) is 0 Å². The van der Waals surface area contributed by atoms with Gasteiger partial charge in [-0.05, 0) is 47.0 Å². The number of carbonyl (C=O) groups is 1. The third-order valence-corrected chi connectivity index (χ3v) is 4.52. The van der Waals surface area contributed by atoms with E-state index in [1.165, 1.54) is 6.42 Å². The van der Waals surface area contributed by atoms with Gasteiger partial charge in [0.05, 0.1) is 5.56 Å². The first-order chi connectivity index (χ1) is 9.00. The van der Waals surface area contributed by atoms with Gasteiger partial charge in [0.2, 0.25) is 0 Å². The number of benzene rings is 1. The van der Waals surface area contributed by atoms with Gasteiger partial charge < -0.3 is 11.1 Å². The zero-order valence-electron chi connectivity index (χ0n) is 11.1. The van der Waals surface area contributed by atoms with Crippen molar-refractivity contribution in [3.63, 3.8) is 0 Å². The van der Waals surface area contributed by atoms with E-state index in [1.807, 2.05) is 0 Å². The molecule has 1 fully saturated rings. The van der Waals surface area contributed by atoms with Gasteiger partial charge in [0.25, 0.3) is 5.91 Å². The Kier molecular flexibility index (Phi) is 6.79. The molecule has 3 nitrogen and oxygen atoms in total. The minimum absolute atomic E-state index is 0. The highest BCUT2D eigenvalue weighted by Crippen LogP contribution is 2.26. The molecule has 0 heterocycles. The van der Waals surface area contributed by atoms with Crippen molar-refractivity contribution in [3.05, 3.63) is 33.3 Å². The number of nitrogens with one attached hydrogen (secondary N) is 1. The van der Waals surface area contributed by atoms with Gasteiger partial charge >= 0.3 is 0 Å². The molecular formula is C14H19BrCl2N2O. The van der Waals surface area contributed by atoms with Crippen molar-refractivity contribution < 1.29 is 4.79 Å². The van der Waals surface area contributed by atoms with Crippen LogP contribution in [0.25, 0.3) is 0 Å². The summed E-state index contributed by atoms with van der Waals surface area (Å²) < 4.78 is 0.701. The van der Waals surface area contributed by atoms with Crippen molar-refractivity contribution in [1.82, 2.24) is 5.32 Å². The summed E-state index contributed by atoms with van der Waals surface area (Å²) in [6.45, 7) is 0.529. The van der Waals surface area contributed by atoms with Crippen LogP contribution >= 0.6 is 39.9 Å². The molecule has 1 saturated carbocycles. The molecule has 20 heavy (non-hydrogen) atoms. The third-order valence-electron chi connectivity index (χ3n) is 3.63. The second-order valence-corrected chi connectivity index (χ2v) is 6.52. The van der Waals surface area contributed by atoms with E-state index in [2.05, 4.69) is 21.2 Å². The predicted molar refractivity (Wildman–Crippen MR) is 88.7 cm³/mol. The third kappa shape index (κ3) is 4.62. The molecule has 0 unspecified atom stereocenters. The van der Waals surface area contributed by atoms with Crippen LogP contribution < -0.4 is 11.1 Å². The van der Waals surface area contributed by atoms with E-state index < -0.39 is 0 Å². The number of nitrogens with two attached hydrogens (primary N) is 1. The summed E-state index contributed by atoms with van der Waals surface area (Å²) in [7, 11) is 0. The van der Waals surface area contributed by atoms with Crippen LogP contribution in [0.5, 0.6) is 0 Å². The first-order valence-corrected chi connectivity index (χ1v) is 7.69. The Hall–Kier alpha value is -0.290. The Balaban J connectivity index is 0.00000200. The SMILES string of the molecule is Cl.NC1(CNC(=O)c2ccc(Cl)cc2Br)CCCCC1. The highest BCUT2D eigenvalue weighted by molar-refractivity contribution is 9.10. The highest BCUT2D eigenvalue weighted by atomic mass is 79.9. The largest absolute Gasteiger partial charge is 0.350 e. The number of rotatable bonds is 3. The van der Waals surface area contributed by atoms with E-state index in [0.717, 1.165) is 25.7 Å². The fraction of sp³-hybridized carbons (Fsp3) is 0.500. The van der Waals surface area contributed by atoms with Crippen LogP contribution in [0, 0.1) is 0 Å². The van der Waals surface area contributed by atoms with Gasteiger partial charge in [0.15, 0.2) is 0 Å². The molecule has 0 spiro atoms. The molecule has 0 aliphatic heterocycles. The van der Waals surface area contributed by atoms with E-state index in [1.54, 1.807) is 18.2 Å². The molecule has 0 bridgehead atoms. The van der Waals surface area contributed by atoms with Gasteiger partial charge in [-0.1, -0.05) is 30.9 Å². The van der Waals surface area contributed by atoms with E-state index in [0.29, 0.717) is 21.6 Å². The van der Waals surface area contributed by atoms with Gasteiger partial charge in [0.1, 0.15) is 0 Å². The number of halogens is 3. The van der Waals surface area contributed by atoms with Gasteiger partial charge in [-0.25, -0.2) is 0 Å². The summed E-state index contributed by atoms with van der Waals surface area (Å²) in [6, 6.07) is 5.14. The molecule has 0 aromatic heterocycles. The van der Waals surface area contributed by atoms with Crippen molar-refractivity contribution in [2.24, 2.45) is 5.73 Å². The molecule has 112 valence electrons. The lowest BCUT2D eigenvalue weighted by Crippen LogP contribution is -2.51. The van der Waals surface area contributed by atoms with E-state index >= 15 is 0 Å². The van der Waals surface area contributed by atoms with Gasteiger partial charge in [0, 0.05) is 21.6 Å². The van der Waals surface area contributed by atoms with Crippen LogP contribution in [-0.4, -0.2) is 18.0 Å². The fourth-order valence-electron chi connectivity index (χ4n) is 2.46. The second kappa shape index (κ2) is 7.64. The fourth-order valence-corrected chi connectivity index (χ4v) is 3.32. The average Bonchev–Trinajstić information content (AvgIpc) is 2.37. The van der Waals surface area contributed by atoms with Crippen molar-refractivity contribution in [2.75, 3.05) is 6.54 Å².